The second-order valence-electron chi connectivity index (χ2n) is 3.86. The van der Waals surface area contributed by atoms with Crippen LogP contribution in [0.1, 0.15) is 5.56 Å². The fourth-order valence-corrected chi connectivity index (χ4v) is 3.74. The van der Waals surface area contributed by atoms with Crippen LogP contribution in [0.5, 0.6) is 0 Å². The molecule has 0 spiro atoms. The van der Waals surface area contributed by atoms with Crippen LogP contribution < -0.4 is 4.72 Å². The summed E-state index contributed by atoms with van der Waals surface area (Å²) in [6.45, 7) is 1.84. The van der Waals surface area contributed by atoms with Gasteiger partial charge in [-0.15, -0.1) is 0 Å². The highest BCUT2D eigenvalue weighted by Gasteiger charge is 2.19. The maximum atomic E-state index is 12.2. The van der Waals surface area contributed by atoms with Crippen LogP contribution in [0.25, 0.3) is 0 Å². The van der Waals surface area contributed by atoms with Crippen molar-refractivity contribution in [3.8, 4) is 0 Å². The third kappa shape index (κ3) is 3.37. The van der Waals surface area contributed by atoms with E-state index in [9.17, 15) is 8.42 Å². The molecule has 0 aliphatic heterocycles. The van der Waals surface area contributed by atoms with Crippen LogP contribution in [0.4, 0.5) is 5.69 Å². The smallest absolute Gasteiger partial charge is 0.264 e. The van der Waals surface area contributed by atoms with E-state index in [1.54, 1.807) is 6.07 Å². The maximum absolute atomic E-state index is 12.2. The molecule has 0 saturated heterocycles. The van der Waals surface area contributed by atoms with Gasteiger partial charge in [0.2, 0.25) is 0 Å². The normalized spacial score (nSPS) is 11.3. The Kier molecular flexibility index (Phi) is 4.32. The first-order valence-corrected chi connectivity index (χ1v) is 8.23. The number of aryl methyl sites for hydroxylation is 1. The van der Waals surface area contributed by atoms with E-state index in [1.165, 1.54) is 18.3 Å². The van der Waals surface area contributed by atoms with Gasteiger partial charge in [0.1, 0.15) is 10.0 Å². The average molecular weight is 409 g/mol. The number of benzene rings is 1. The van der Waals surface area contributed by atoms with Gasteiger partial charge in [0.25, 0.3) is 10.0 Å². The van der Waals surface area contributed by atoms with E-state index in [-0.39, 0.29) is 10.0 Å². The summed E-state index contributed by atoms with van der Waals surface area (Å²) in [6.07, 6.45) is 1.44. The van der Waals surface area contributed by atoms with Crippen molar-refractivity contribution in [2.24, 2.45) is 0 Å². The van der Waals surface area contributed by atoms with Crippen molar-refractivity contribution in [2.45, 2.75) is 11.8 Å². The number of sulfonamides is 1. The Hall–Kier alpha value is -0.860. The molecule has 0 fully saturated rings. The molecule has 4 nitrogen and oxygen atoms in total. The van der Waals surface area contributed by atoms with Crippen molar-refractivity contribution in [2.75, 3.05) is 4.72 Å². The zero-order valence-electron chi connectivity index (χ0n) is 9.89. The van der Waals surface area contributed by atoms with Crippen LogP contribution in [-0.4, -0.2) is 13.4 Å². The fraction of sp³-hybridized carbons (Fsp3) is 0.0833. The summed E-state index contributed by atoms with van der Waals surface area (Å²) in [5.41, 5.74) is 1.37. The fourth-order valence-electron chi connectivity index (χ4n) is 1.51. The topological polar surface area (TPSA) is 59.1 Å². The second kappa shape index (κ2) is 5.64. The van der Waals surface area contributed by atoms with Crippen LogP contribution >= 0.6 is 34.2 Å². The first kappa shape index (κ1) is 14.5. The van der Waals surface area contributed by atoms with Crippen molar-refractivity contribution in [1.82, 2.24) is 4.98 Å². The summed E-state index contributed by atoms with van der Waals surface area (Å²) in [6, 6.07) is 8.39. The highest BCUT2D eigenvalue weighted by atomic mass is 127. The van der Waals surface area contributed by atoms with Gasteiger partial charge in [0, 0.05) is 9.77 Å². The number of nitrogens with zero attached hydrogens (tertiary/aromatic N) is 1. The lowest BCUT2D eigenvalue weighted by Gasteiger charge is -2.11. The van der Waals surface area contributed by atoms with E-state index in [0.29, 0.717) is 5.69 Å². The van der Waals surface area contributed by atoms with Gasteiger partial charge in [0.15, 0.2) is 0 Å². The number of halogens is 2. The van der Waals surface area contributed by atoms with E-state index in [2.05, 4.69) is 32.3 Å². The van der Waals surface area contributed by atoms with Crippen molar-refractivity contribution in [3.63, 3.8) is 0 Å². The SMILES string of the molecule is Cc1cc(I)ccc1NS(=O)(=O)c1cccnc1Cl. The molecule has 19 heavy (non-hydrogen) atoms. The molecule has 2 aromatic rings. The third-order valence-corrected chi connectivity index (χ3v) is 4.93. The van der Waals surface area contributed by atoms with Gasteiger partial charge in [-0.25, -0.2) is 13.4 Å². The molecule has 0 bridgehead atoms. The van der Waals surface area contributed by atoms with Crippen LogP contribution in [0.15, 0.2) is 41.4 Å². The third-order valence-electron chi connectivity index (χ3n) is 2.45. The van der Waals surface area contributed by atoms with Crippen molar-refractivity contribution >= 4 is 49.9 Å². The summed E-state index contributed by atoms with van der Waals surface area (Å²) in [7, 11) is -3.73. The molecule has 0 saturated carbocycles. The first-order valence-electron chi connectivity index (χ1n) is 5.29. The van der Waals surface area contributed by atoms with E-state index < -0.39 is 10.0 Å². The lowest BCUT2D eigenvalue weighted by molar-refractivity contribution is 0.601. The summed E-state index contributed by atoms with van der Waals surface area (Å²) >= 11 is 7.98. The molecule has 1 heterocycles. The lowest BCUT2D eigenvalue weighted by Crippen LogP contribution is -2.14. The molecule has 1 N–H and O–H groups in total. The molecule has 1 aromatic carbocycles. The molecule has 0 aliphatic carbocycles. The minimum absolute atomic E-state index is 0.0328. The average Bonchev–Trinajstić information content (AvgIpc) is 2.33. The Labute approximate surface area is 130 Å². The number of hydrogen-bond donors (Lipinski definition) is 1. The summed E-state index contributed by atoms with van der Waals surface area (Å²) < 4.78 is 28.0. The minimum atomic E-state index is -3.73. The minimum Gasteiger partial charge on any atom is -0.279 e. The Morgan fingerprint density at radius 2 is 2.05 bits per heavy atom. The quantitative estimate of drug-likeness (QED) is 0.625. The summed E-state index contributed by atoms with van der Waals surface area (Å²) in [5, 5.41) is -0.0434. The molecular weight excluding hydrogens is 399 g/mol. The molecule has 0 aliphatic rings. The molecule has 0 unspecified atom stereocenters. The maximum Gasteiger partial charge on any atom is 0.264 e. The Balaban J connectivity index is 2.40. The van der Waals surface area contributed by atoms with Gasteiger partial charge < -0.3 is 0 Å². The van der Waals surface area contributed by atoms with Gasteiger partial charge in [-0.1, -0.05) is 11.6 Å². The number of hydrogen-bond acceptors (Lipinski definition) is 3. The van der Waals surface area contributed by atoms with Crippen LogP contribution in [-0.2, 0) is 10.0 Å². The van der Waals surface area contributed by atoms with Crippen molar-refractivity contribution in [3.05, 3.63) is 50.8 Å². The van der Waals surface area contributed by atoms with Gasteiger partial charge in [-0.05, 0) is 65.4 Å². The van der Waals surface area contributed by atoms with Crippen LogP contribution in [0.2, 0.25) is 5.15 Å². The van der Waals surface area contributed by atoms with Gasteiger partial charge in [-0.2, -0.15) is 0 Å². The van der Waals surface area contributed by atoms with E-state index in [4.69, 9.17) is 11.6 Å². The standard InChI is InChI=1S/C12H10ClIN2O2S/c1-8-7-9(14)4-5-10(8)16-19(17,18)11-3-2-6-15-12(11)13/h2-7,16H,1H3. The van der Waals surface area contributed by atoms with Crippen molar-refractivity contribution in [1.29, 1.82) is 0 Å². The largest absolute Gasteiger partial charge is 0.279 e. The molecule has 0 radical (unpaired) electrons. The van der Waals surface area contributed by atoms with E-state index in [1.807, 2.05) is 19.1 Å². The highest BCUT2D eigenvalue weighted by molar-refractivity contribution is 14.1. The number of rotatable bonds is 3. The number of pyridine rings is 1. The monoisotopic (exact) mass is 408 g/mol. The lowest BCUT2D eigenvalue weighted by atomic mass is 10.2. The van der Waals surface area contributed by atoms with Crippen molar-refractivity contribution < 1.29 is 8.42 Å². The number of nitrogens with one attached hydrogen (secondary N) is 1. The van der Waals surface area contributed by atoms with Gasteiger partial charge >= 0.3 is 0 Å². The van der Waals surface area contributed by atoms with E-state index in [0.717, 1.165) is 9.13 Å². The Morgan fingerprint density at radius 1 is 1.32 bits per heavy atom. The zero-order chi connectivity index (χ0) is 14.0. The highest BCUT2D eigenvalue weighted by Crippen LogP contribution is 2.24. The van der Waals surface area contributed by atoms with Gasteiger partial charge in [0.05, 0.1) is 5.69 Å². The predicted octanol–water partition coefficient (Wildman–Crippen LogP) is 3.45. The van der Waals surface area contributed by atoms with Crippen LogP contribution in [0, 0.1) is 10.5 Å². The predicted molar refractivity (Wildman–Crippen MR) is 84.0 cm³/mol. The Morgan fingerprint density at radius 3 is 2.68 bits per heavy atom. The molecule has 100 valence electrons. The molecular formula is C12H10ClIN2O2S. The zero-order valence-corrected chi connectivity index (χ0v) is 13.6. The molecule has 2 rings (SSSR count). The molecule has 0 atom stereocenters. The summed E-state index contributed by atoms with van der Waals surface area (Å²) in [4.78, 5) is 3.74. The summed E-state index contributed by atoms with van der Waals surface area (Å²) in [5.74, 6) is 0. The van der Waals surface area contributed by atoms with E-state index >= 15 is 0 Å². The number of anilines is 1. The molecule has 1 aromatic heterocycles. The molecule has 0 amide bonds. The molecule has 7 heteroatoms. The Bertz CT molecular complexity index is 719. The first-order chi connectivity index (χ1) is 8.90. The van der Waals surface area contributed by atoms with Crippen LogP contribution in [0.3, 0.4) is 0 Å². The number of aromatic nitrogens is 1. The van der Waals surface area contributed by atoms with Gasteiger partial charge in [-0.3, -0.25) is 4.72 Å². The second-order valence-corrected chi connectivity index (χ2v) is 7.11.